The molecule has 0 aromatic heterocycles. The van der Waals surface area contributed by atoms with Crippen LogP contribution in [0.15, 0.2) is 30.3 Å². The highest BCUT2D eigenvalue weighted by molar-refractivity contribution is 5.91. The highest BCUT2D eigenvalue weighted by atomic mass is 16.3. The zero-order chi connectivity index (χ0) is 15.5. The zero-order valence-electron chi connectivity index (χ0n) is 12.8. The number of aliphatic hydroxyl groups is 1. The molecule has 0 aliphatic rings. The molecule has 1 amide bonds. The first-order valence-electron chi connectivity index (χ1n) is 7.74. The molecule has 0 saturated heterocycles. The molecule has 1 aromatic carbocycles. The first kappa shape index (κ1) is 17.7. The largest absolute Gasteiger partial charge is 0.391 e. The van der Waals surface area contributed by atoms with Crippen molar-refractivity contribution in [3.8, 4) is 0 Å². The minimum Gasteiger partial charge on any atom is -0.391 e. The molecule has 1 aromatic rings. The summed E-state index contributed by atoms with van der Waals surface area (Å²) in [6.07, 6.45) is 4.91. The monoisotopic (exact) mass is 292 g/mol. The lowest BCUT2D eigenvalue weighted by Crippen LogP contribution is -2.36. The van der Waals surface area contributed by atoms with E-state index in [1.165, 1.54) is 6.92 Å². The molecule has 0 bridgehead atoms. The van der Waals surface area contributed by atoms with Crippen LogP contribution in [-0.4, -0.2) is 30.3 Å². The minimum atomic E-state index is -0.506. The van der Waals surface area contributed by atoms with E-state index in [2.05, 4.69) is 0 Å². The molecule has 0 saturated carbocycles. The molecule has 21 heavy (non-hydrogen) atoms. The molecule has 1 N–H and O–H groups in total. The molecule has 4 nitrogen and oxygen atoms in total. The fraction of sp³-hybridized carbons (Fsp3) is 0.588. The van der Waals surface area contributed by atoms with Gasteiger partial charge in [-0.25, -0.2) is 5.11 Å². The van der Waals surface area contributed by atoms with E-state index < -0.39 is 6.10 Å². The van der Waals surface area contributed by atoms with Crippen molar-refractivity contribution in [2.75, 3.05) is 18.1 Å². The van der Waals surface area contributed by atoms with Crippen molar-refractivity contribution in [3.63, 3.8) is 0 Å². The molecular formula is C17H26NO3. The molecule has 1 rings (SSSR count). The van der Waals surface area contributed by atoms with Gasteiger partial charge in [0.2, 0.25) is 5.91 Å². The lowest BCUT2D eigenvalue weighted by atomic mass is 10.1. The Balaban J connectivity index is 2.33. The van der Waals surface area contributed by atoms with Gasteiger partial charge in [-0.3, -0.25) is 4.79 Å². The van der Waals surface area contributed by atoms with E-state index in [1.807, 2.05) is 30.3 Å². The van der Waals surface area contributed by atoms with E-state index in [0.717, 1.165) is 37.8 Å². The lowest BCUT2D eigenvalue weighted by Gasteiger charge is -2.24. The molecular weight excluding hydrogens is 266 g/mol. The number of carbonyl (C=O) groups is 1. The summed E-state index contributed by atoms with van der Waals surface area (Å²) in [6.45, 7) is 1.86. The van der Waals surface area contributed by atoms with Crippen LogP contribution >= 0.6 is 0 Å². The van der Waals surface area contributed by atoms with Crippen LogP contribution in [-0.2, 0) is 9.90 Å². The van der Waals surface area contributed by atoms with Crippen LogP contribution in [0.4, 0.5) is 5.69 Å². The third-order valence-corrected chi connectivity index (χ3v) is 3.52. The number of hydrogen-bond acceptors (Lipinski definition) is 2. The van der Waals surface area contributed by atoms with Gasteiger partial charge in [0.1, 0.15) is 0 Å². The number of para-hydroxylation sites is 1. The van der Waals surface area contributed by atoms with Crippen LogP contribution < -0.4 is 4.90 Å². The van der Waals surface area contributed by atoms with E-state index >= 15 is 0 Å². The van der Waals surface area contributed by atoms with Gasteiger partial charge in [-0.1, -0.05) is 43.9 Å². The molecule has 0 spiro atoms. The summed E-state index contributed by atoms with van der Waals surface area (Å²) >= 11 is 0. The second-order valence-electron chi connectivity index (χ2n) is 5.38. The quantitative estimate of drug-likeness (QED) is 0.673. The van der Waals surface area contributed by atoms with Crippen molar-refractivity contribution in [1.82, 2.24) is 0 Å². The second kappa shape index (κ2) is 10.4. The number of hydrogen-bond donors (Lipinski definition) is 1. The Hall–Kier alpha value is -1.39. The smallest absolute Gasteiger partial charge is 0.223 e. The average molecular weight is 292 g/mol. The van der Waals surface area contributed by atoms with Gasteiger partial charge >= 0.3 is 0 Å². The van der Waals surface area contributed by atoms with Crippen molar-refractivity contribution in [3.05, 3.63) is 30.3 Å². The number of rotatable bonds is 10. The number of anilines is 1. The summed E-state index contributed by atoms with van der Waals surface area (Å²) < 4.78 is 0. The Morgan fingerprint density at radius 3 is 2.33 bits per heavy atom. The summed E-state index contributed by atoms with van der Waals surface area (Å²) in [6, 6.07) is 9.41. The third-order valence-electron chi connectivity index (χ3n) is 3.52. The molecule has 117 valence electrons. The SMILES string of the molecule is CC(=O)N(CC(O)CCCCCCC[O])c1ccccc1. The van der Waals surface area contributed by atoms with Gasteiger partial charge in [0.05, 0.1) is 19.3 Å². The first-order chi connectivity index (χ1) is 10.1. The molecule has 1 unspecified atom stereocenters. The van der Waals surface area contributed by atoms with Gasteiger partial charge in [0, 0.05) is 12.6 Å². The highest BCUT2D eigenvalue weighted by Gasteiger charge is 2.15. The second-order valence-corrected chi connectivity index (χ2v) is 5.38. The normalized spacial score (nSPS) is 12.1. The molecule has 0 heterocycles. The van der Waals surface area contributed by atoms with Crippen LogP contribution in [0.3, 0.4) is 0 Å². The van der Waals surface area contributed by atoms with Gasteiger partial charge in [0.15, 0.2) is 0 Å². The predicted octanol–water partition coefficient (Wildman–Crippen LogP) is 3.17. The third kappa shape index (κ3) is 7.25. The highest BCUT2D eigenvalue weighted by Crippen LogP contribution is 2.15. The van der Waals surface area contributed by atoms with Crippen molar-refractivity contribution >= 4 is 11.6 Å². The molecule has 0 aliphatic carbocycles. The Bertz CT molecular complexity index is 394. The van der Waals surface area contributed by atoms with Gasteiger partial charge in [-0.05, 0) is 25.0 Å². The number of nitrogens with zero attached hydrogens (tertiary/aromatic N) is 1. The molecule has 4 heteroatoms. The number of carbonyl (C=O) groups excluding carboxylic acids is 1. The van der Waals surface area contributed by atoms with Crippen molar-refractivity contribution in [2.24, 2.45) is 0 Å². The molecule has 0 aliphatic heterocycles. The summed E-state index contributed by atoms with van der Waals surface area (Å²) in [5, 5.41) is 20.4. The summed E-state index contributed by atoms with van der Waals surface area (Å²) in [5.74, 6) is -0.0595. The first-order valence-corrected chi connectivity index (χ1v) is 7.74. The summed E-state index contributed by atoms with van der Waals surface area (Å²) in [7, 11) is 0. The Kier molecular flexibility index (Phi) is 8.71. The number of aliphatic hydroxyl groups excluding tert-OH is 1. The molecule has 1 radical (unpaired) electrons. The van der Waals surface area contributed by atoms with Crippen LogP contribution in [0.1, 0.15) is 45.4 Å². The Morgan fingerprint density at radius 1 is 1.10 bits per heavy atom. The molecule has 1 atom stereocenters. The average Bonchev–Trinajstić information content (AvgIpc) is 2.49. The Labute approximate surface area is 127 Å². The van der Waals surface area contributed by atoms with Crippen molar-refractivity contribution in [1.29, 1.82) is 0 Å². The fourth-order valence-electron chi connectivity index (χ4n) is 2.34. The topological polar surface area (TPSA) is 60.4 Å². The van der Waals surface area contributed by atoms with Gasteiger partial charge in [-0.2, -0.15) is 0 Å². The fourth-order valence-corrected chi connectivity index (χ4v) is 2.34. The van der Waals surface area contributed by atoms with E-state index in [9.17, 15) is 15.0 Å². The van der Waals surface area contributed by atoms with E-state index in [1.54, 1.807) is 4.90 Å². The number of unbranched alkanes of at least 4 members (excludes halogenated alkanes) is 4. The lowest BCUT2D eigenvalue weighted by molar-refractivity contribution is -0.116. The van der Waals surface area contributed by atoms with Gasteiger partial charge in [0.25, 0.3) is 0 Å². The zero-order valence-corrected chi connectivity index (χ0v) is 12.8. The number of amides is 1. The van der Waals surface area contributed by atoms with Crippen molar-refractivity contribution in [2.45, 2.75) is 51.6 Å². The number of benzene rings is 1. The van der Waals surface area contributed by atoms with Crippen LogP contribution in [0.5, 0.6) is 0 Å². The molecule has 0 fully saturated rings. The van der Waals surface area contributed by atoms with Crippen LogP contribution in [0, 0.1) is 0 Å². The maximum absolute atomic E-state index is 11.7. The summed E-state index contributed by atoms with van der Waals surface area (Å²) in [5.41, 5.74) is 0.819. The van der Waals surface area contributed by atoms with Crippen LogP contribution in [0.25, 0.3) is 0 Å². The van der Waals surface area contributed by atoms with E-state index in [0.29, 0.717) is 13.0 Å². The maximum atomic E-state index is 11.7. The van der Waals surface area contributed by atoms with Gasteiger partial charge < -0.3 is 10.0 Å². The van der Waals surface area contributed by atoms with Crippen LogP contribution in [0.2, 0.25) is 0 Å². The summed E-state index contributed by atoms with van der Waals surface area (Å²) in [4.78, 5) is 13.3. The standard InChI is InChI=1S/C17H26NO3/c1-15(20)18(16-10-6-5-7-11-16)14-17(21)12-8-3-2-4-9-13-19/h5-7,10-11,17,21H,2-4,8-9,12-14H2,1H3. The van der Waals surface area contributed by atoms with E-state index in [-0.39, 0.29) is 12.5 Å². The van der Waals surface area contributed by atoms with Gasteiger partial charge in [-0.15, -0.1) is 0 Å². The Morgan fingerprint density at radius 2 is 1.71 bits per heavy atom. The maximum Gasteiger partial charge on any atom is 0.223 e. The predicted molar refractivity (Wildman–Crippen MR) is 83.7 cm³/mol. The minimum absolute atomic E-state index is 0.00721. The van der Waals surface area contributed by atoms with E-state index in [4.69, 9.17) is 0 Å². The van der Waals surface area contributed by atoms with Crippen molar-refractivity contribution < 1.29 is 15.0 Å².